The summed E-state index contributed by atoms with van der Waals surface area (Å²) >= 11 is 24.2. The van der Waals surface area contributed by atoms with Crippen molar-refractivity contribution in [1.29, 1.82) is 0 Å². The average molecular weight is 456 g/mol. The SMILES string of the molecule is O=C(Nc1ccc(NCc2cc(Cl)cc(Cl)c2)cc1Cl)c1cc(Cl)ccc1O. The Kier molecular flexibility index (Phi) is 6.57. The number of phenolic OH excluding ortho intramolecular Hbond substituents is 1. The van der Waals surface area contributed by atoms with Crippen LogP contribution in [0.1, 0.15) is 15.9 Å². The molecule has 0 aliphatic heterocycles. The molecule has 28 heavy (non-hydrogen) atoms. The summed E-state index contributed by atoms with van der Waals surface area (Å²) in [5.74, 6) is -0.687. The van der Waals surface area contributed by atoms with Crippen molar-refractivity contribution < 1.29 is 9.90 Å². The van der Waals surface area contributed by atoms with E-state index >= 15 is 0 Å². The number of rotatable bonds is 5. The lowest BCUT2D eigenvalue weighted by Crippen LogP contribution is -2.12. The molecule has 4 nitrogen and oxygen atoms in total. The first-order valence-corrected chi connectivity index (χ1v) is 9.61. The molecule has 3 aromatic carbocycles. The Morgan fingerprint density at radius 2 is 1.57 bits per heavy atom. The maximum atomic E-state index is 12.4. The Bertz CT molecular complexity index is 1020. The minimum atomic E-state index is -0.517. The van der Waals surface area contributed by atoms with Crippen molar-refractivity contribution in [2.75, 3.05) is 10.6 Å². The van der Waals surface area contributed by atoms with Gasteiger partial charge in [0.25, 0.3) is 5.91 Å². The van der Waals surface area contributed by atoms with Crippen molar-refractivity contribution in [3.05, 3.63) is 85.8 Å². The number of anilines is 2. The first kappa shape index (κ1) is 20.6. The van der Waals surface area contributed by atoms with Crippen LogP contribution in [-0.4, -0.2) is 11.0 Å². The monoisotopic (exact) mass is 454 g/mol. The van der Waals surface area contributed by atoms with Crippen molar-refractivity contribution in [3.8, 4) is 5.75 Å². The second-order valence-electron chi connectivity index (χ2n) is 5.94. The topological polar surface area (TPSA) is 61.4 Å². The summed E-state index contributed by atoms with van der Waals surface area (Å²) in [7, 11) is 0. The van der Waals surface area contributed by atoms with E-state index in [1.54, 1.807) is 24.3 Å². The third-order valence-corrected chi connectivity index (χ3v) is 4.82. The molecule has 8 heteroatoms. The summed E-state index contributed by atoms with van der Waals surface area (Å²) in [4.78, 5) is 12.4. The van der Waals surface area contributed by atoms with Gasteiger partial charge < -0.3 is 15.7 Å². The van der Waals surface area contributed by atoms with Crippen molar-refractivity contribution in [2.24, 2.45) is 0 Å². The lowest BCUT2D eigenvalue weighted by atomic mass is 10.1. The molecule has 3 rings (SSSR count). The smallest absolute Gasteiger partial charge is 0.259 e. The number of halogens is 4. The van der Waals surface area contributed by atoms with Gasteiger partial charge in [-0.15, -0.1) is 0 Å². The Balaban J connectivity index is 1.70. The fraction of sp³-hybridized carbons (Fsp3) is 0.0500. The average Bonchev–Trinajstić information content (AvgIpc) is 2.63. The molecule has 0 aliphatic carbocycles. The first-order chi connectivity index (χ1) is 13.3. The highest BCUT2D eigenvalue weighted by Gasteiger charge is 2.14. The van der Waals surface area contributed by atoms with Gasteiger partial charge in [0.1, 0.15) is 5.75 Å². The van der Waals surface area contributed by atoms with Crippen LogP contribution in [0, 0.1) is 0 Å². The normalized spacial score (nSPS) is 10.6. The molecule has 0 bridgehead atoms. The predicted octanol–water partition coefficient (Wildman–Crippen LogP) is 6.87. The maximum absolute atomic E-state index is 12.4. The van der Waals surface area contributed by atoms with Crippen molar-refractivity contribution in [3.63, 3.8) is 0 Å². The molecule has 3 N–H and O–H groups in total. The van der Waals surface area contributed by atoms with E-state index in [9.17, 15) is 9.90 Å². The van der Waals surface area contributed by atoms with Crippen LogP contribution in [0.5, 0.6) is 5.75 Å². The molecular formula is C20H14Cl4N2O2. The van der Waals surface area contributed by atoms with Crippen LogP contribution >= 0.6 is 46.4 Å². The largest absolute Gasteiger partial charge is 0.507 e. The summed E-state index contributed by atoms with van der Waals surface area (Å²) in [5.41, 5.74) is 2.14. The number of aromatic hydroxyl groups is 1. The molecule has 0 radical (unpaired) electrons. The molecule has 0 aromatic heterocycles. The van der Waals surface area contributed by atoms with Crippen LogP contribution in [0.4, 0.5) is 11.4 Å². The third kappa shape index (κ3) is 5.24. The quantitative estimate of drug-likeness (QED) is 0.393. The number of hydrogen-bond donors (Lipinski definition) is 3. The zero-order valence-corrected chi connectivity index (χ0v) is 17.3. The van der Waals surface area contributed by atoms with E-state index in [2.05, 4.69) is 10.6 Å². The van der Waals surface area contributed by atoms with Crippen LogP contribution in [0.15, 0.2) is 54.6 Å². The number of carbonyl (C=O) groups is 1. The Hall–Kier alpha value is -2.11. The molecule has 144 valence electrons. The van der Waals surface area contributed by atoms with Crippen molar-refractivity contribution >= 4 is 63.7 Å². The van der Waals surface area contributed by atoms with Gasteiger partial charge in [0.15, 0.2) is 0 Å². The summed E-state index contributed by atoms with van der Waals surface area (Å²) in [6, 6.07) is 14.6. The molecule has 0 fully saturated rings. The van der Waals surface area contributed by atoms with Gasteiger partial charge in [-0.1, -0.05) is 46.4 Å². The highest BCUT2D eigenvalue weighted by Crippen LogP contribution is 2.28. The van der Waals surface area contributed by atoms with E-state index < -0.39 is 5.91 Å². The van der Waals surface area contributed by atoms with E-state index in [1.165, 1.54) is 18.2 Å². The molecule has 0 saturated heterocycles. The zero-order chi connectivity index (χ0) is 20.3. The van der Waals surface area contributed by atoms with Crippen molar-refractivity contribution in [1.82, 2.24) is 0 Å². The molecule has 1 amide bonds. The van der Waals surface area contributed by atoms with Gasteiger partial charge >= 0.3 is 0 Å². The first-order valence-electron chi connectivity index (χ1n) is 8.10. The van der Waals surface area contributed by atoms with Gasteiger partial charge in [0.2, 0.25) is 0 Å². The summed E-state index contributed by atoms with van der Waals surface area (Å²) < 4.78 is 0. The molecule has 0 aliphatic rings. The number of carbonyl (C=O) groups excluding carboxylic acids is 1. The van der Waals surface area contributed by atoms with Gasteiger partial charge in [-0.25, -0.2) is 0 Å². The minimum absolute atomic E-state index is 0.0589. The fourth-order valence-corrected chi connectivity index (χ4v) is 3.49. The Labute approximate surface area is 182 Å². The number of amides is 1. The lowest BCUT2D eigenvalue weighted by Gasteiger charge is -2.12. The van der Waals surface area contributed by atoms with Gasteiger partial charge in [-0.05, 0) is 60.2 Å². The minimum Gasteiger partial charge on any atom is -0.507 e. The summed E-state index contributed by atoms with van der Waals surface area (Å²) in [6.45, 7) is 0.499. The number of benzene rings is 3. The van der Waals surface area contributed by atoms with Crippen LogP contribution in [0.25, 0.3) is 0 Å². The maximum Gasteiger partial charge on any atom is 0.259 e. The molecule has 0 atom stereocenters. The molecule has 3 aromatic rings. The van der Waals surface area contributed by atoms with E-state index in [0.29, 0.717) is 32.3 Å². The van der Waals surface area contributed by atoms with Crippen LogP contribution in [-0.2, 0) is 6.54 Å². The molecular weight excluding hydrogens is 442 g/mol. The second-order valence-corrected chi connectivity index (χ2v) is 7.66. The second kappa shape index (κ2) is 8.93. The van der Waals surface area contributed by atoms with Crippen LogP contribution in [0.2, 0.25) is 20.1 Å². The predicted molar refractivity (Wildman–Crippen MR) is 116 cm³/mol. The fourth-order valence-electron chi connectivity index (χ4n) is 2.52. The lowest BCUT2D eigenvalue weighted by molar-refractivity contribution is 0.102. The zero-order valence-electron chi connectivity index (χ0n) is 14.3. The molecule has 0 saturated carbocycles. The van der Waals surface area contributed by atoms with E-state index in [1.807, 2.05) is 12.1 Å². The molecule has 0 spiro atoms. The van der Waals surface area contributed by atoms with Gasteiger partial charge in [0.05, 0.1) is 16.3 Å². The van der Waals surface area contributed by atoms with Crippen molar-refractivity contribution in [2.45, 2.75) is 6.54 Å². The summed E-state index contributed by atoms with van der Waals surface area (Å²) in [6.07, 6.45) is 0. The molecule has 0 heterocycles. The number of hydrogen-bond acceptors (Lipinski definition) is 3. The Morgan fingerprint density at radius 3 is 2.25 bits per heavy atom. The summed E-state index contributed by atoms with van der Waals surface area (Å²) in [5, 5.41) is 17.5. The van der Waals surface area contributed by atoms with Crippen LogP contribution < -0.4 is 10.6 Å². The highest BCUT2D eigenvalue weighted by molar-refractivity contribution is 6.35. The third-order valence-electron chi connectivity index (χ3n) is 3.84. The van der Waals surface area contributed by atoms with Gasteiger partial charge in [-0.3, -0.25) is 4.79 Å². The van der Waals surface area contributed by atoms with E-state index in [0.717, 1.165) is 11.3 Å². The standard InChI is InChI=1S/C20H14Cl4N2O2/c21-12-1-4-19(27)16(8-12)20(28)26-18-3-2-15(9-17(18)24)25-10-11-5-13(22)7-14(23)6-11/h1-9,25,27H,10H2,(H,26,28). The van der Waals surface area contributed by atoms with E-state index in [-0.39, 0.29) is 11.3 Å². The highest BCUT2D eigenvalue weighted by atomic mass is 35.5. The van der Waals surface area contributed by atoms with Crippen LogP contribution in [0.3, 0.4) is 0 Å². The van der Waals surface area contributed by atoms with E-state index in [4.69, 9.17) is 46.4 Å². The molecule has 0 unspecified atom stereocenters. The Morgan fingerprint density at radius 1 is 0.857 bits per heavy atom. The van der Waals surface area contributed by atoms with Gasteiger partial charge in [-0.2, -0.15) is 0 Å². The van der Waals surface area contributed by atoms with Gasteiger partial charge in [0, 0.05) is 27.3 Å². The number of phenols is 1. The number of nitrogens with one attached hydrogen (secondary N) is 2.